The van der Waals surface area contributed by atoms with E-state index in [1.807, 2.05) is 48.5 Å². The van der Waals surface area contributed by atoms with Crippen LogP contribution in [0.2, 0.25) is 0 Å². The monoisotopic (exact) mass is 499 g/mol. The number of benzene rings is 2. The van der Waals surface area contributed by atoms with Crippen molar-refractivity contribution in [3.63, 3.8) is 0 Å². The standard InChI is InChI=1S/C21H15Br2N3O2/c1-27-14-7-3-5-12(9-14)17-18(13-6-4-8-15(10-13)28-2)26-20-19(25-17)16(22)11-24-21(20)23/h3-11H,1-2H3. The molecule has 0 amide bonds. The largest absolute Gasteiger partial charge is 0.497 e. The highest BCUT2D eigenvalue weighted by Gasteiger charge is 2.17. The summed E-state index contributed by atoms with van der Waals surface area (Å²) in [7, 11) is 3.29. The van der Waals surface area contributed by atoms with Crippen molar-refractivity contribution in [1.29, 1.82) is 0 Å². The van der Waals surface area contributed by atoms with Gasteiger partial charge in [-0.25, -0.2) is 15.0 Å². The van der Waals surface area contributed by atoms with Gasteiger partial charge in [0.15, 0.2) is 0 Å². The van der Waals surface area contributed by atoms with Crippen molar-refractivity contribution < 1.29 is 9.47 Å². The van der Waals surface area contributed by atoms with Crippen LogP contribution in [0.4, 0.5) is 0 Å². The Hall–Kier alpha value is -2.51. The fraction of sp³-hybridized carbons (Fsp3) is 0.0952. The van der Waals surface area contributed by atoms with Crippen molar-refractivity contribution >= 4 is 42.9 Å². The predicted molar refractivity (Wildman–Crippen MR) is 117 cm³/mol. The van der Waals surface area contributed by atoms with Crippen LogP contribution < -0.4 is 9.47 Å². The summed E-state index contributed by atoms with van der Waals surface area (Å²) in [5, 5.41) is 0. The predicted octanol–water partition coefficient (Wildman–Crippen LogP) is 5.90. The molecular formula is C21H15Br2N3O2. The van der Waals surface area contributed by atoms with Crippen LogP contribution in [0.5, 0.6) is 11.5 Å². The zero-order valence-corrected chi connectivity index (χ0v) is 18.3. The molecule has 2 aromatic heterocycles. The van der Waals surface area contributed by atoms with Crippen molar-refractivity contribution in [2.24, 2.45) is 0 Å². The molecule has 140 valence electrons. The van der Waals surface area contributed by atoms with Gasteiger partial charge >= 0.3 is 0 Å². The third-order valence-electron chi connectivity index (χ3n) is 4.30. The van der Waals surface area contributed by atoms with Gasteiger partial charge in [0.05, 0.1) is 30.1 Å². The average molecular weight is 501 g/mol. The zero-order valence-electron chi connectivity index (χ0n) is 15.1. The van der Waals surface area contributed by atoms with E-state index >= 15 is 0 Å². The van der Waals surface area contributed by atoms with E-state index in [4.69, 9.17) is 19.4 Å². The SMILES string of the molecule is COc1cccc(-c2nc3c(Br)cnc(Br)c3nc2-c2cccc(OC)c2)c1. The van der Waals surface area contributed by atoms with Gasteiger partial charge in [0.2, 0.25) is 0 Å². The molecule has 0 fully saturated rings. The van der Waals surface area contributed by atoms with E-state index in [0.717, 1.165) is 44.0 Å². The van der Waals surface area contributed by atoms with Crippen LogP contribution in [-0.4, -0.2) is 29.2 Å². The number of nitrogens with zero attached hydrogens (tertiary/aromatic N) is 3. The number of pyridine rings is 1. The van der Waals surface area contributed by atoms with E-state index in [1.165, 1.54) is 0 Å². The number of methoxy groups -OCH3 is 2. The van der Waals surface area contributed by atoms with Crippen LogP contribution in [0.25, 0.3) is 33.5 Å². The summed E-state index contributed by atoms with van der Waals surface area (Å²) >= 11 is 7.03. The fourth-order valence-electron chi connectivity index (χ4n) is 2.92. The lowest BCUT2D eigenvalue weighted by molar-refractivity contribution is 0.415. The molecule has 2 aromatic carbocycles. The van der Waals surface area contributed by atoms with E-state index in [9.17, 15) is 0 Å². The molecule has 0 unspecified atom stereocenters. The summed E-state index contributed by atoms with van der Waals surface area (Å²) in [5.74, 6) is 1.51. The third kappa shape index (κ3) is 3.47. The van der Waals surface area contributed by atoms with Gasteiger partial charge in [-0.15, -0.1) is 0 Å². The number of rotatable bonds is 4. The first-order valence-electron chi connectivity index (χ1n) is 8.41. The molecule has 2 heterocycles. The van der Waals surface area contributed by atoms with Crippen molar-refractivity contribution in [3.8, 4) is 34.0 Å². The lowest BCUT2D eigenvalue weighted by atomic mass is 10.0. The molecule has 0 saturated heterocycles. The Balaban J connectivity index is 2.06. The minimum atomic E-state index is 0.638. The van der Waals surface area contributed by atoms with Crippen LogP contribution in [-0.2, 0) is 0 Å². The second-order valence-electron chi connectivity index (χ2n) is 5.98. The molecular weight excluding hydrogens is 486 g/mol. The minimum Gasteiger partial charge on any atom is -0.497 e. The van der Waals surface area contributed by atoms with Crippen molar-refractivity contribution in [3.05, 3.63) is 63.8 Å². The number of fused-ring (bicyclic) bond motifs is 1. The Labute approximate surface area is 179 Å². The Morgan fingerprint density at radius 1 is 0.750 bits per heavy atom. The van der Waals surface area contributed by atoms with E-state index < -0.39 is 0 Å². The van der Waals surface area contributed by atoms with Crippen molar-refractivity contribution in [2.45, 2.75) is 0 Å². The van der Waals surface area contributed by atoms with Gasteiger partial charge in [-0.05, 0) is 56.1 Å². The van der Waals surface area contributed by atoms with Crippen LogP contribution in [0.3, 0.4) is 0 Å². The van der Waals surface area contributed by atoms with E-state index in [-0.39, 0.29) is 0 Å². The van der Waals surface area contributed by atoms with E-state index in [0.29, 0.717) is 10.1 Å². The fourth-order valence-corrected chi connectivity index (χ4v) is 3.68. The molecule has 0 spiro atoms. The molecule has 0 atom stereocenters. The number of halogens is 2. The number of hydrogen-bond donors (Lipinski definition) is 0. The van der Waals surface area contributed by atoms with Crippen molar-refractivity contribution in [1.82, 2.24) is 15.0 Å². The lowest BCUT2D eigenvalue weighted by Crippen LogP contribution is -1.98. The summed E-state index contributed by atoms with van der Waals surface area (Å²) in [5.41, 5.74) is 4.70. The van der Waals surface area contributed by atoms with Crippen LogP contribution in [0, 0.1) is 0 Å². The Morgan fingerprint density at radius 3 is 1.82 bits per heavy atom. The molecule has 0 aliphatic rings. The maximum Gasteiger partial charge on any atom is 0.133 e. The summed E-state index contributed by atoms with van der Waals surface area (Å²) in [6, 6.07) is 15.5. The molecule has 0 bridgehead atoms. The maximum atomic E-state index is 5.39. The number of aromatic nitrogens is 3. The van der Waals surface area contributed by atoms with Crippen LogP contribution in [0.15, 0.2) is 63.8 Å². The first-order chi connectivity index (χ1) is 13.6. The Kier molecular flexibility index (Phi) is 5.28. The molecule has 0 aliphatic heterocycles. The third-order valence-corrected chi connectivity index (χ3v) is 5.46. The Bertz CT molecular complexity index is 1090. The highest BCUT2D eigenvalue weighted by molar-refractivity contribution is 9.11. The second kappa shape index (κ2) is 7.85. The highest BCUT2D eigenvalue weighted by Crippen LogP contribution is 2.36. The molecule has 28 heavy (non-hydrogen) atoms. The molecule has 4 rings (SSSR count). The van der Waals surface area contributed by atoms with Gasteiger partial charge < -0.3 is 9.47 Å². The topological polar surface area (TPSA) is 57.1 Å². The van der Waals surface area contributed by atoms with Gasteiger partial charge in [-0.3, -0.25) is 0 Å². The zero-order chi connectivity index (χ0) is 19.7. The van der Waals surface area contributed by atoms with Gasteiger partial charge in [-0.2, -0.15) is 0 Å². The second-order valence-corrected chi connectivity index (χ2v) is 7.58. The molecule has 0 radical (unpaired) electrons. The summed E-state index contributed by atoms with van der Waals surface area (Å²) in [6.45, 7) is 0. The minimum absolute atomic E-state index is 0.638. The van der Waals surface area contributed by atoms with Crippen molar-refractivity contribution in [2.75, 3.05) is 14.2 Å². The van der Waals surface area contributed by atoms with Crippen LogP contribution >= 0.6 is 31.9 Å². The first kappa shape index (κ1) is 18.8. The van der Waals surface area contributed by atoms with E-state index in [1.54, 1.807) is 20.4 Å². The molecule has 5 nitrogen and oxygen atoms in total. The van der Waals surface area contributed by atoms with Crippen LogP contribution in [0.1, 0.15) is 0 Å². The smallest absolute Gasteiger partial charge is 0.133 e. The molecule has 4 aromatic rings. The number of ether oxygens (including phenoxy) is 2. The maximum absolute atomic E-state index is 5.39. The van der Waals surface area contributed by atoms with E-state index in [2.05, 4.69) is 36.8 Å². The van der Waals surface area contributed by atoms with Gasteiger partial charge in [0.1, 0.15) is 27.1 Å². The Morgan fingerprint density at radius 2 is 1.29 bits per heavy atom. The quantitative estimate of drug-likeness (QED) is 0.326. The van der Waals surface area contributed by atoms with Gasteiger partial charge in [0.25, 0.3) is 0 Å². The summed E-state index contributed by atoms with van der Waals surface area (Å²) in [6.07, 6.45) is 1.71. The van der Waals surface area contributed by atoms with Gasteiger partial charge in [-0.1, -0.05) is 24.3 Å². The normalized spacial score (nSPS) is 10.9. The summed E-state index contributed by atoms with van der Waals surface area (Å²) < 4.78 is 12.2. The average Bonchev–Trinajstić information content (AvgIpc) is 2.75. The first-order valence-corrected chi connectivity index (χ1v) is 10.00. The van der Waals surface area contributed by atoms with Gasteiger partial charge in [0, 0.05) is 17.3 Å². The summed E-state index contributed by atoms with van der Waals surface area (Å²) in [4.78, 5) is 14.2. The molecule has 0 aliphatic carbocycles. The molecule has 7 heteroatoms. The number of hydrogen-bond acceptors (Lipinski definition) is 5. The highest BCUT2D eigenvalue weighted by atomic mass is 79.9. The lowest BCUT2D eigenvalue weighted by Gasteiger charge is -2.13. The molecule has 0 saturated carbocycles. The molecule has 0 N–H and O–H groups in total.